The van der Waals surface area contributed by atoms with Crippen molar-refractivity contribution in [2.24, 2.45) is 11.8 Å². The van der Waals surface area contributed by atoms with Gasteiger partial charge in [-0.05, 0) is 32.7 Å². The number of rotatable bonds is 6. The van der Waals surface area contributed by atoms with Crippen molar-refractivity contribution in [2.45, 2.75) is 32.6 Å². The Morgan fingerprint density at radius 3 is 2.65 bits per heavy atom. The van der Waals surface area contributed by atoms with Gasteiger partial charge in [0.2, 0.25) is 0 Å². The van der Waals surface area contributed by atoms with Crippen LogP contribution in [0.3, 0.4) is 0 Å². The monoisotopic (exact) mass is 282 g/mol. The molecule has 0 aromatic carbocycles. The van der Waals surface area contributed by atoms with Crippen LogP contribution in [0.5, 0.6) is 0 Å². The molecule has 2 atom stereocenters. The summed E-state index contributed by atoms with van der Waals surface area (Å²) in [5.74, 6) is 1.29. The van der Waals surface area contributed by atoms with E-state index in [0.29, 0.717) is 17.6 Å². The summed E-state index contributed by atoms with van der Waals surface area (Å²) in [6, 6.07) is 0. The lowest BCUT2D eigenvalue weighted by atomic mass is 9.77. The van der Waals surface area contributed by atoms with Crippen molar-refractivity contribution in [1.29, 1.82) is 0 Å². The lowest BCUT2D eigenvalue weighted by Gasteiger charge is -2.34. The molecule has 0 aromatic rings. The summed E-state index contributed by atoms with van der Waals surface area (Å²) >= 11 is 0. The van der Waals surface area contributed by atoms with Crippen LogP contribution in [0, 0.1) is 11.8 Å². The van der Waals surface area contributed by atoms with Crippen LogP contribution in [0.4, 0.5) is 0 Å². The summed E-state index contributed by atoms with van der Waals surface area (Å²) in [7, 11) is 2.20. The number of ether oxygens (including phenoxy) is 1. The zero-order valence-electron chi connectivity index (χ0n) is 13.1. The Hall–Kier alpha value is -0.450. The fraction of sp³-hybridized carbons (Fsp3) is 0.938. The number of hydrogen-bond donors (Lipinski definition) is 0. The van der Waals surface area contributed by atoms with Crippen LogP contribution in [0.2, 0.25) is 0 Å². The highest BCUT2D eigenvalue weighted by molar-refractivity contribution is 5.78. The molecule has 2 fully saturated rings. The number of morpholine rings is 1. The van der Waals surface area contributed by atoms with Crippen LogP contribution in [0.1, 0.15) is 32.6 Å². The molecule has 1 saturated heterocycles. The van der Waals surface area contributed by atoms with Crippen molar-refractivity contribution >= 4 is 5.78 Å². The van der Waals surface area contributed by atoms with Gasteiger partial charge in [0.1, 0.15) is 5.78 Å². The molecule has 1 heterocycles. The lowest BCUT2D eigenvalue weighted by molar-refractivity contribution is -0.123. The highest BCUT2D eigenvalue weighted by Crippen LogP contribution is 2.31. The van der Waals surface area contributed by atoms with Crippen LogP contribution < -0.4 is 0 Å². The number of likely N-dealkylation sites (N-methyl/N-ethyl adjacent to an activating group) is 1. The molecule has 2 rings (SSSR count). The van der Waals surface area contributed by atoms with E-state index < -0.39 is 0 Å². The van der Waals surface area contributed by atoms with Crippen molar-refractivity contribution in [2.75, 3.05) is 53.0 Å². The number of hydrogen-bond acceptors (Lipinski definition) is 4. The molecule has 0 radical (unpaired) electrons. The van der Waals surface area contributed by atoms with Crippen LogP contribution >= 0.6 is 0 Å². The van der Waals surface area contributed by atoms with E-state index in [9.17, 15) is 4.79 Å². The van der Waals surface area contributed by atoms with E-state index in [1.165, 1.54) is 19.3 Å². The Morgan fingerprint density at radius 2 is 1.95 bits per heavy atom. The second-order valence-corrected chi connectivity index (χ2v) is 6.48. The van der Waals surface area contributed by atoms with Crippen molar-refractivity contribution < 1.29 is 9.53 Å². The van der Waals surface area contributed by atoms with Gasteiger partial charge in [-0.1, -0.05) is 12.8 Å². The zero-order valence-corrected chi connectivity index (χ0v) is 13.1. The summed E-state index contributed by atoms with van der Waals surface area (Å²) in [5.41, 5.74) is 0. The van der Waals surface area contributed by atoms with Gasteiger partial charge in [-0.2, -0.15) is 0 Å². The zero-order chi connectivity index (χ0) is 14.4. The topological polar surface area (TPSA) is 32.8 Å². The van der Waals surface area contributed by atoms with Gasteiger partial charge in [-0.3, -0.25) is 9.69 Å². The first-order valence-electron chi connectivity index (χ1n) is 8.16. The molecular weight excluding hydrogens is 252 g/mol. The standard InChI is InChI=1S/C16H30N2O2/c1-14(19)16-6-4-3-5-15(16)13-17(2)7-8-18-9-11-20-12-10-18/h15-16H,3-13H2,1-2H3. The highest BCUT2D eigenvalue weighted by Gasteiger charge is 2.29. The minimum atomic E-state index is 0.314. The average molecular weight is 282 g/mol. The molecule has 116 valence electrons. The third-order valence-electron chi connectivity index (χ3n) is 4.88. The molecule has 1 saturated carbocycles. The van der Waals surface area contributed by atoms with Gasteiger partial charge in [0.25, 0.3) is 0 Å². The number of nitrogens with zero attached hydrogens (tertiary/aromatic N) is 2. The SMILES string of the molecule is CC(=O)C1CCCCC1CN(C)CCN1CCOCC1. The Kier molecular flexibility index (Phi) is 6.46. The van der Waals surface area contributed by atoms with Crippen LogP contribution in [0.15, 0.2) is 0 Å². The highest BCUT2D eigenvalue weighted by atomic mass is 16.5. The fourth-order valence-corrected chi connectivity index (χ4v) is 3.59. The fourth-order valence-electron chi connectivity index (χ4n) is 3.59. The molecule has 4 heteroatoms. The number of carbonyl (C=O) groups excluding carboxylic acids is 1. The first kappa shape index (κ1) is 15.9. The molecule has 0 spiro atoms. The third kappa shape index (κ3) is 4.83. The van der Waals surface area contributed by atoms with E-state index in [-0.39, 0.29) is 0 Å². The van der Waals surface area contributed by atoms with Gasteiger partial charge in [0.15, 0.2) is 0 Å². The van der Waals surface area contributed by atoms with Gasteiger partial charge in [-0.15, -0.1) is 0 Å². The van der Waals surface area contributed by atoms with E-state index in [0.717, 1.165) is 52.4 Å². The first-order chi connectivity index (χ1) is 9.66. The number of carbonyl (C=O) groups is 1. The summed E-state index contributed by atoms with van der Waals surface area (Å²) in [4.78, 5) is 16.6. The van der Waals surface area contributed by atoms with E-state index in [1.54, 1.807) is 6.92 Å². The molecule has 20 heavy (non-hydrogen) atoms. The minimum absolute atomic E-state index is 0.314. The van der Waals surface area contributed by atoms with Crippen LogP contribution in [-0.4, -0.2) is 68.6 Å². The van der Waals surface area contributed by atoms with Crippen molar-refractivity contribution in [3.8, 4) is 0 Å². The largest absolute Gasteiger partial charge is 0.379 e. The molecule has 2 aliphatic rings. The maximum atomic E-state index is 11.8. The lowest BCUT2D eigenvalue weighted by Crippen LogP contribution is -2.42. The quantitative estimate of drug-likeness (QED) is 0.741. The summed E-state index contributed by atoms with van der Waals surface area (Å²) in [5, 5.41) is 0. The molecule has 0 amide bonds. The number of ketones is 1. The predicted molar refractivity (Wildman–Crippen MR) is 80.9 cm³/mol. The second-order valence-electron chi connectivity index (χ2n) is 6.48. The maximum Gasteiger partial charge on any atom is 0.133 e. The van der Waals surface area contributed by atoms with Gasteiger partial charge < -0.3 is 9.64 Å². The molecule has 2 unspecified atom stereocenters. The molecule has 1 aliphatic carbocycles. The van der Waals surface area contributed by atoms with Gasteiger partial charge in [-0.25, -0.2) is 0 Å². The van der Waals surface area contributed by atoms with Gasteiger partial charge in [0, 0.05) is 38.6 Å². The molecule has 0 N–H and O–H groups in total. The van der Waals surface area contributed by atoms with Crippen molar-refractivity contribution in [3.63, 3.8) is 0 Å². The van der Waals surface area contributed by atoms with E-state index in [2.05, 4.69) is 16.8 Å². The minimum Gasteiger partial charge on any atom is -0.379 e. The number of Topliss-reactive ketones (excluding diaryl/α,β-unsaturated/α-hetero) is 1. The summed E-state index contributed by atoms with van der Waals surface area (Å²) in [6.45, 7) is 8.95. The first-order valence-corrected chi connectivity index (χ1v) is 8.16. The second kappa shape index (κ2) is 8.11. The van der Waals surface area contributed by atoms with Gasteiger partial charge >= 0.3 is 0 Å². The molecular formula is C16H30N2O2. The maximum absolute atomic E-state index is 11.8. The van der Waals surface area contributed by atoms with E-state index in [4.69, 9.17) is 4.74 Å². The Balaban J connectivity index is 1.71. The molecule has 0 bridgehead atoms. The molecule has 0 aromatic heterocycles. The normalized spacial score (nSPS) is 28.8. The Morgan fingerprint density at radius 1 is 1.25 bits per heavy atom. The molecule has 4 nitrogen and oxygen atoms in total. The van der Waals surface area contributed by atoms with Crippen molar-refractivity contribution in [3.05, 3.63) is 0 Å². The van der Waals surface area contributed by atoms with Gasteiger partial charge in [0.05, 0.1) is 13.2 Å². The van der Waals surface area contributed by atoms with Crippen LogP contribution in [0.25, 0.3) is 0 Å². The predicted octanol–water partition coefficient (Wildman–Crippen LogP) is 1.65. The Labute approximate surface area is 123 Å². The summed E-state index contributed by atoms with van der Waals surface area (Å²) < 4.78 is 5.38. The third-order valence-corrected chi connectivity index (χ3v) is 4.88. The average Bonchev–Trinajstić information content (AvgIpc) is 2.46. The molecule has 1 aliphatic heterocycles. The van der Waals surface area contributed by atoms with E-state index >= 15 is 0 Å². The van der Waals surface area contributed by atoms with Crippen LogP contribution in [-0.2, 0) is 9.53 Å². The smallest absolute Gasteiger partial charge is 0.133 e. The van der Waals surface area contributed by atoms with Crippen molar-refractivity contribution in [1.82, 2.24) is 9.80 Å². The summed E-state index contributed by atoms with van der Waals surface area (Å²) in [6.07, 6.45) is 4.87. The van der Waals surface area contributed by atoms with E-state index in [1.807, 2.05) is 0 Å². The Bertz CT molecular complexity index is 303.